The van der Waals surface area contributed by atoms with E-state index in [2.05, 4.69) is 15.4 Å². The number of hydrogen-bond donors (Lipinski definition) is 3. The van der Waals surface area contributed by atoms with Crippen molar-refractivity contribution in [3.8, 4) is 0 Å². The molecule has 4 rings (SSSR count). The van der Waals surface area contributed by atoms with E-state index >= 15 is 0 Å². The number of amides is 3. The highest BCUT2D eigenvalue weighted by Crippen LogP contribution is 2.28. The monoisotopic (exact) mass is 522 g/mol. The fourth-order valence-electron chi connectivity index (χ4n) is 4.33. The molecule has 4 N–H and O–H groups in total. The number of H-pyrrole nitrogens is 1. The summed E-state index contributed by atoms with van der Waals surface area (Å²) in [5, 5.41) is 6.88. The van der Waals surface area contributed by atoms with Crippen LogP contribution in [0, 0.1) is 0 Å². The summed E-state index contributed by atoms with van der Waals surface area (Å²) in [5.74, 6) is -1.60. The average molecular weight is 523 g/mol. The Morgan fingerprint density at radius 1 is 1.11 bits per heavy atom. The summed E-state index contributed by atoms with van der Waals surface area (Å²) in [4.78, 5) is 65.7. The number of carbonyl (C=O) groups is 4. The van der Waals surface area contributed by atoms with Gasteiger partial charge in [-0.3, -0.25) is 19.2 Å². The summed E-state index contributed by atoms with van der Waals surface area (Å²) in [6, 6.07) is 7.25. The molecule has 0 unspecified atom stereocenters. The van der Waals surface area contributed by atoms with Crippen LogP contribution < -0.4 is 16.6 Å². The number of primary amides is 1. The van der Waals surface area contributed by atoms with E-state index in [0.29, 0.717) is 37.2 Å². The lowest BCUT2D eigenvalue weighted by Crippen LogP contribution is -2.41. The maximum atomic E-state index is 12.9. The number of likely N-dealkylation sites (tertiary alicyclic amines) is 1. The first kappa shape index (κ1) is 26.6. The number of hydrogen-bond acceptors (Lipinski definition) is 7. The highest BCUT2D eigenvalue weighted by atomic mass is 16.6. The molecule has 0 spiro atoms. The Balaban J connectivity index is 1.45. The number of aromatic nitrogens is 3. The Labute approximate surface area is 218 Å². The van der Waals surface area contributed by atoms with Gasteiger partial charge in [-0.25, -0.2) is 9.31 Å². The van der Waals surface area contributed by atoms with Gasteiger partial charge in [0.25, 0.3) is 11.5 Å². The lowest BCUT2D eigenvalue weighted by Gasteiger charge is -2.33. The Bertz CT molecular complexity index is 1440. The highest BCUT2D eigenvalue weighted by Gasteiger charge is 2.29. The van der Waals surface area contributed by atoms with Crippen molar-refractivity contribution in [3.63, 3.8) is 0 Å². The van der Waals surface area contributed by atoms with E-state index in [-0.39, 0.29) is 46.7 Å². The van der Waals surface area contributed by atoms with Crippen molar-refractivity contribution in [1.82, 2.24) is 24.8 Å². The van der Waals surface area contributed by atoms with Crippen molar-refractivity contribution in [3.05, 3.63) is 69.3 Å². The van der Waals surface area contributed by atoms with Gasteiger partial charge < -0.3 is 25.7 Å². The molecule has 3 heterocycles. The first-order chi connectivity index (χ1) is 17.9. The van der Waals surface area contributed by atoms with Crippen LogP contribution in [0.4, 0.5) is 4.79 Å². The number of aromatic amines is 1. The Kier molecular flexibility index (Phi) is 7.33. The van der Waals surface area contributed by atoms with Crippen molar-refractivity contribution in [2.75, 3.05) is 19.6 Å². The second-order valence-electron chi connectivity index (χ2n) is 10.2. The number of ether oxygens (including phenoxy) is 1. The topological polar surface area (TPSA) is 169 Å². The normalized spacial score (nSPS) is 14.3. The molecule has 0 aliphatic carbocycles. The molecule has 3 amide bonds. The zero-order valence-electron chi connectivity index (χ0n) is 21.4. The van der Waals surface area contributed by atoms with Gasteiger partial charge in [-0.15, -0.1) is 0 Å². The van der Waals surface area contributed by atoms with Gasteiger partial charge in [-0.1, -0.05) is 12.1 Å². The number of piperidine rings is 1. The minimum atomic E-state index is -0.604. The minimum Gasteiger partial charge on any atom is -0.444 e. The standard InChI is InChI=1S/C26H30N6O6/c1-26(2,3)38-25(37)31-10-8-15(9-11-31)19-12-21(34)30-23-18(13-29-32(19)23)24(36)28-14-20(33)16-4-6-17(7-5-16)22(27)35/h4-7,12-13,15H,8-11,14H2,1-3H3,(H2,27,35)(H,28,36)(H,30,34). The smallest absolute Gasteiger partial charge is 0.410 e. The van der Waals surface area contributed by atoms with Crippen LogP contribution in [-0.2, 0) is 4.74 Å². The van der Waals surface area contributed by atoms with E-state index in [1.54, 1.807) is 4.90 Å². The zero-order valence-corrected chi connectivity index (χ0v) is 21.4. The predicted octanol–water partition coefficient (Wildman–Crippen LogP) is 1.85. The first-order valence-corrected chi connectivity index (χ1v) is 12.2. The maximum Gasteiger partial charge on any atom is 0.410 e. The van der Waals surface area contributed by atoms with Crippen molar-refractivity contribution >= 4 is 29.3 Å². The van der Waals surface area contributed by atoms with Crippen molar-refractivity contribution in [2.24, 2.45) is 5.73 Å². The van der Waals surface area contributed by atoms with E-state index < -0.39 is 17.4 Å². The summed E-state index contributed by atoms with van der Waals surface area (Å²) in [7, 11) is 0. The number of nitrogens with zero attached hydrogens (tertiary/aromatic N) is 3. The zero-order chi connectivity index (χ0) is 27.6. The molecule has 1 fully saturated rings. The largest absolute Gasteiger partial charge is 0.444 e. The lowest BCUT2D eigenvalue weighted by molar-refractivity contribution is 0.0203. The number of Topliss-reactive ketones (excluding diaryl/α,β-unsaturated/α-hetero) is 1. The summed E-state index contributed by atoms with van der Waals surface area (Å²) in [6.45, 7) is 6.08. The second-order valence-corrected chi connectivity index (χ2v) is 10.2. The number of fused-ring (bicyclic) bond motifs is 1. The molecule has 1 saturated heterocycles. The summed E-state index contributed by atoms with van der Waals surface area (Å²) < 4.78 is 6.97. The van der Waals surface area contributed by atoms with Crippen LogP contribution in [0.2, 0.25) is 0 Å². The molecule has 2 aromatic heterocycles. The highest BCUT2D eigenvalue weighted by molar-refractivity contribution is 6.04. The van der Waals surface area contributed by atoms with Gasteiger partial charge >= 0.3 is 6.09 Å². The number of carbonyl (C=O) groups excluding carboxylic acids is 4. The fourth-order valence-corrected chi connectivity index (χ4v) is 4.33. The van der Waals surface area contributed by atoms with Gasteiger partial charge in [0.15, 0.2) is 5.78 Å². The second kappa shape index (κ2) is 10.5. The van der Waals surface area contributed by atoms with E-state index in [4.69, 9.17) is 10.5 Å². The van der Waals surface area contributed by atoms with Crippen LogP contribution in [0.3, 0.4) is 0 Å². The number of benzene rings is 1. The molecular formula is C26H30N6O6. The molecule has 1 aliphatic heterocycles. The van der Waals surface area contributed by atoms with Gasteiger partial charge in [0.1, 0.15) is 16.8 Å². The van der Waals surface area contributed by atoms with Gasteiger partial charge in [-0.05, 0) is 45.7 Å². The van der Waals surface area contributed by atoms with Crippen LogP contribution >= 0.6 is 0 Å². The Morgan fingerprint density at radius 2 is 1.74 bits per heavy atom. The third-order valence-electron chi connectivity index (χ3n) is 6.24. The SMILES string of the molecule is CC(C)(C)OC(=O)N1CCC(c2cc(=O)[nH]c3c(C(=O)NCC(=O)c4ccc(C(N)=O)cc4)cnn23)CC1. The molecule has 1 aliphatic rings. The molecule has 38 heavy (non-hydrogen) atoms. The summed E-state index contributed by atoms with van der Waals surface area (Å²) in [5.41, 5.74) is 5.79. The first-order valence-electron chi connectivity index (χ1n) is 12.2. The number of rotatable bonds is 6. The number of nitrogens with two attached hydrogens (primary N) is 1. The minimum absolute atomic E-state index is 0.0563. The van der Waals surface area contributed by atoms with Gasteiger partial charge in [0, 0.05) is 36.2 Å². The van der Waals surface area contributed by atoms with E-state index in [9.17, 15) is 24.0 Å². The quantitative estimate of drug-likeness (QED) is 0.415. The van der Waals surface area contributed by atoms with Crippen LogP contribution in [0.15, 0.2) is 41.3 Å². The van der Waals surface area contributed by atoms with Gasteiger partial charge in [0.2, 0.25) is 5.91 Å². The molecule has 0 atom stereocenters. The van der Waals surface area contributed by atoms with Crippen molar-refractivity contribution in [2.45, 2.75) is 45.1 Å². The molecular weight excluding hydrogens is 492 g/mol. The Hall–Kier alpha value is -4.48. The molecule has 0 radical (unpaired) electrons. The molecule has 0 saturated carbocycles. The molecule has 200 valence electrons. The summed E-state index contributed by atoms with van der Waals surface area (Å²) in [6.07, 6.45) is 2.17. The fraction of sp³-hybridized carbons (Fsp3) is 0.385. The average Bonchev–Trinajstić information content (AvgIpc) is 3.29. The Morgan fingerprint density at radius 3 is 2.34 bits per heavy atom. The third kappa shape index (κ3) is 5.90. The van der Waals surface area contributed by atoms with E-state index in [1.165, 1.54) is 41.0 Å². The van der Waals surface area contributed by atoms with E-state index in [1.807, 2.05) is 20.8 Å². The molecule has 12 heteroatoms. The molecule has 12 nitrogen and oxygen atoms in total. The third-order valence-corrected chi connectivity index (χ3v) is 6.24. The number of ketones is 1. The van der Waals surface area contributed by atoms with Crippen LogP contribution in [0.25, 0.3) is 5.65 Å². The predicted molar refractivity (Wildman–Crippen MR) is 137 cm³/mol. The molecule has 1 aromatic carbocycles. The van der Waals surface area contributed by atoms with Crippen molar-refractivity contribution in [1.29, 1.82) is 0 Å². The van der Waals surface area contributed by atoms with E-state index in [0.717, 1.165) is 0 Å². The molecule has 0 bridgehead atoms. The molecule has 3 aromatic rings. The van der Waals surface area contributed by atoms with Crippen LogP contribution in [-0.4, -0.2) is 68.4 Å². The summed E-state index contributed by atoms with van der Waals surface area (Å²) >= 11 is 0. The van der Waals surface area contributed by atoms with Crippen molar-refractivity contribution < 1.29 is 23.9 Å². The van der Waals surface area contributed by atoms with Crippen LogP contribution in [0.1, 0.15) is 76.3 Å². The van der Waals surface area contributed by atoms with Crippen LogP contribution in [0.5, 0.6) is 0 Å². The van der Waals surface area contributed by atoms with Gasteiger partial charge in [-0.2, -0.15) is 5.10 Å². The maximum absolute atomic E-state index is 12.9. The van der Waals surface area contributed by atoms with Gasteiger partial charge in [0.05, 0.1) is 18.4 Å². The lowest BCUT2D eigenvalue weighted by atomic mass is 9.93. The number of nitrogens with one attached hydrogen (secondary N) is 2.